The Bertz CT molecular complexity index is 364. The molecule has 1 N–H and O–H groups in total. The van der Waals surface area contributed by atoms with Gasteiger partial charge in [-0.05, 0) is 37.1 Å². The maximum absolute atomic E-state index is 6.01. The number of hydrogen-bond donors (Lipinski definition) is 1. The fraction of sp³-hybridized carbons (Fsp3) is 0.625. The quantitative estimate of drug-likeness (QED) is 0.660. The van der Waals surface area contributed by atoms with Gasteiger partial charge in [0, 0.05) is 16.6 Å². The molecule has 0 saturated heterocycles. The van der Waals surface area contributed by atoms with Crippen LogP contribution in [0.4, 0.5) is 0 Å². The van der Waals surface area contributed by atoms with Gasteiger partial charge in [-0.1, -0.05) is 49.5 Å². The maximum Gasteiger partial charge on any atom is 0.123 e. The van der Waals surface area contributed by atoms with E-state index in [1.165, 1.54) is 18.4 Å². The molecular weight excluding hydrogens is 302 g/mol. The molecule has 108 valence electrons. The van der Waals surface area contributed by atoms with Crippen LogP contribution in [0, 0.1) is 5.92 Å². The molecule has 0 fully saturated rings. The number of benzene rings is 1. The van der Waals surface area contributed by atoms with E-state index in [2.05, 4.69) is 54.2 Å². The topological polar surface area (TPSA) is 21.3 Å². The third-order valence-corrected chi connectivity index (χ3v) is 3.89. The summed E-state index contributed by atoms with van der Waals surface area (Å²) in [5.41, 5.74) is 1.23. The predicted molar refractivity (Wildman–Crippen MR) is 85.7 cm³/mol. The van der Waals surface area contributed by atoms with Crippen molar-refractivity contribution in [2.75, 3.05) is 13.2 Å². The van der Waals surface area contributed by atoms with Crippen molar-refractivity contribution in [2.45, 2.75) is 46.6 Å². The Morgan fingerprint density at radius 3 is 2.58 bits per heavy atom. The van der Waals surface area contributed by atoms with E-state index in [-0.39, 0.29) is 0 Å². The van der Waals surface area contributed by atoms with E-state index in [0.29, 0.717) is 5.92 Å². The van der Waals surface area contributed by atoms with Crippen molar-refractivity contribution in [2.24, 2.45) is 5.92 Å². The van der Waals surface area contributed by atoms with Gasteiger partial charge in [-0.2, -0.15) is 0 Å². The summed E-state index contributed by atoms with van der Waals surface area (Å²) >= 11 is 3.53. The predicted octanol–water partition coefficient (Wildman–Crippen LogP) is 4.76. The molecule has 0 amide bonds. The first-order valence-corrected chi connectivity index (χ1v) is 8.12. The average Bonchev–Trinajstić information content (AvgIpc) is 2.42. The molecule has 1 rings (SSSR count). The van der Waals surface area contributed by atoms with Crippen molar-refractivity contribution < 1.29 is 4.74 Å². The summed E-state index contributed by atoms with van der Waals surface area (Å²) in [6, 6.07) is 6.26. The van der Waals surface area contributed by atoms with E-state index in [1.54, 1.807) is 0 Å². The monoisotopic (exact) mass is 327 g/mol. The fourth-order valence-electron chi connectivity index (χ4n) is 1.96. The second-order valence-corrected chi connectivity index (χ2v) is 5.84. The van der Waals surface area contributed by atoms with Crippen LogP contribution < -0.4 is 10.1 Å². The molecule has 0 heterocycles. The van der Waals surface area contributed by atoms with Gasteiger partial charge in [0.15, 0.2) is 0 Å². The lowest BCUT2D eigenvalue weighted by atomic mass is 10.1. The normalized spacial score (nSPS) is 11.0. The number of ether oxygens (including phenoxy) is 1. The average molecular weight is 328 g/mol. The maximum atomic E-state index is 6.01. The molecule has 0 spiro atoms. The molecule has 0 bridgehead atoms. The van der Waals surface area contributed by atoms with Gasteiger partial charge in [-0.15, -0.1) is 0 Å². The van der Waals surface area contributed by atoms with Crippen molar-refractivity contribution >= 4 is 15.9 Å². The molecule has 1 aromatic rings. The Labute approximate surface area is 126 Å². The van der Waals surface area contributed by atoms with Crippen LogP contribution in [0.2, 0.25) is 0 Å². The van der Waals surface area contributed by atoms with E-state index in [0.717, 1.165) is 36.3 Å². The molecule has 19 heavy (non-hydrogen) atoms. The van der Waals surface area contributed by atoms with Crippen LogP contribution in [0.1, 0.15) is 45.6 Å². The Balaban J connectivity index is 2.64. The molecule has 0 unspecified atom stereocenters. The summed E-state index contributed by atoms with van der Waals surface area (Å²) in [7, 11) is 0. The number of hydrogen-bond acceptors (Lipinski definition) is 2. The summed E-state index contributed by atoms with van der Waals surface area (Å²) in [6.45, 7) is 9.35. The van der Waals surface area contributed by atoms with Crippen LogP contribution in [0.5, 0.6) is 5.75 Å². The van der Waals surface area contributed by atoms with Crippen molar-refractivity contribution in [3.63, 3.8) is 0 Å². The van der Waals surface area contributed by atoms with Gasteiger partial charge in [0.2, 0.25) is 0 Å². The third-order valence-electron chi connectivity index (χ3n) is 3.39. The standard InChI is InChI=1S/C16H26BrNO/c1-4-9-18-11-14-10-15(17)7-8-16(14)19-12-13(5-2)6-3/h7-8,10,13,18H,4-6,9,11-12H2,1-3H3. The van der Waals surface area contributed by atoms with Gasteiger partial charge in [0.25, 0.3) is 0 Å². The van der Waals surface area contributed by atoms with Crippen LogP contribution >= 0.6 is 15.9 Å². The lowest BCUT2D eigenvalue weighted by molar-refractivity contribution is 0.238. The molecule has 0 aromatic heterocycles. The van der Waals surface area contributed by atoms with Gasteiger partial charge >= 0.3 is 0 Å². The van der Waals surface area contributed by atoms with Gasteiger partial charge in [0.1, 0.15) is 5.75 Å². The van der Waals surface area contributed by atoms with E-state index in [9.17, 15) is 0 Å². The molecule has 0 saturated carbocycles. The minimum absolute atomic E-state index is 0.653. The zero-order valence-electron chi connectivity index (χ0n) is 12.3. The molecule has 0 atom stereocenters. The molecule has 3 heteroatoms. The van der Waals surface area contributed by atoms with Crippen LogP contribution in [0.3, 0.4) is 0 Å². The van der Waals surface area contributed by atoms with Crippen LogP contribution in [0.15, 0.2) is 22.7 Å². The molecule has 0 aliphatic rings. The highest BCUT2D eigenvalue weighted by atomic mass is 79.9. The third kappa shape index (κ3) is 5.96. The van der Waals surface area contributed by atoms with Gasteiger partial charge in [0.05, 0.1) is 6.61 Å². The number of nitrogens with one attached hydrogen (secondary N) is 1. The van der Waals surface area contributed by atoms with E-state index in [1.807, 2.05) is 6.07 Å². The summed E-state index contributed by atoms with van der Waals surface area (Å²) in [5, 5.41) is 3.43. The first kappa shape index (κ1) is 16.5. The van der Waals surface area contributed by atoms with Gasteiger partial charge < -0.3 is 10.1 Å². The molecule has 2 nitrogen and oxygen atoms in total. The zero-order chi connectivity index (χ0) is 14.1. The van der Waals surface area contributed by atoms with Crippen molar-refractivity contribution in [3.8, 4) is 5.75 Å². The Hall–Kier alpha value is -0.540. The number of rotatable bonds is 9. The molecular formula is C16H26BrNO. The van der Waals surface area contributed by atoms with E-state index in [4.69, 9.17) is 4.74 Å². The summed E-state index contributed by atoms with van der Waals surface area (Å²) < 4.78 is 7.11. The second kappa shape index (κ2) is 9.38. The zero-order valence-corrected chi connectivity index (χ0v) is 13.9. The van der Waals surface area contributed by atoms with Crippen molar-refractivity contribution in [1.29, 1.82) is 0 Å². The number of halogens is 1. The second-order valence-electron chi connectivity index (χ2n) is 4.92. The first-order valence-electron chi connectivity index (χ1n) is 7.33. The van der Waals surface area contributed by atoms with Gasteiger partial charge in [-0.3, -0.25) is 0 Å². The summed E-state index contributed by atoms with van der Waals surface area (Å²) in [4.78, 5) is 0. The Morgan fingerprint density at radius 1 is 1.21 bits per heavy atom. The molecule has 0 aliphatic heterocycles. The Morgan fingerprint density at radius 2 is 1.95 bits per heavy atom. The van der Waals surface area contributed by atoms with Crippen LogP contribution in [-0.2, 0) is 6.54 Å². The minimum atomic E-state index is 0.653. The van der Waals surface area contributed by atoms with Crippen LogP contribution in [0.25, 0.3) is 0 Å². The summed E-state index contributed by atoms with van der Waals surface area (Å²) in [5.74, 6) is 1.67. The molecule has 0 radical (unpaired) electrons. The first-order chi connectivity index (χ1) is 9.21. The lowest BCUT2D eigenvalue weighted by Gasteiger charge is -2.17. The van der Waals surface area contributed by atoms with E-state index >= 15 is 0 Å². The largest absolute Gasteiger partial charge is 0.493 e. The Kier molecular flexibility index (Phi) is 8.15. The minimum Gasteiger partial charge on any atom is -0.493 e. The molecule has 1 aromatic carbocycles. The fourth-order valence-corrected chi connectivity index (χ4v) is 2.37. The lowest BCUT2D eigenvalue weighted by Crippen LogP contribution is -2.16. The highest BCUT2D eigenvalue weighted by Gasteiger charge is 2.08. The molecule has 0 aliphatic carbocycles. The smallest absolute Gasteiger partial charge is 0.123 e. The highest BCUT2D eigenvalue weighted by Crippen LogP contribution is 2.24. The highest BCUT2D eigenvalue weighted by molar-refractivity contribution is 9.10. The van der Waals surface area contributed by atoms with Crippen LogP contribution in [-0.4, -0.2) is 13.2 Å². The summed E-state index contributed by atoms with van der Waals surface area (Å²) in [6.07, 6.45) is 3.50. The van der Waals surface area contributed by atoms with Crippen molar-refractivity contribution in [1.82, 2.24) is 5.32 Å². The van der Waals surface area contributed by atoms with Crippen molar-refractivity contribution in [3.05, 3.63) is 28.2 Å². The van der Waals surface area contributed by atoms with Gasteiger partial charge in [-0.25, -0.2) is 0 Å². The van der Waals surface area contributed by atoms with E-state index < -0.39 is 0 Å². The SMILES string of the molecule is CCCNCc1cc(Br)ccc1OCC(CC)CC.